The van der Waals surface area contributed by atoms with Gasteiger partial charge in [-0.25, -0.2) is 0 Å². The van der Waals surface area contributed by atoms with Gasteiger partial charge in [0.05, 0.1) is 11.3 Å². The van der Waals surface area contributed by atoms with Gasteiger partial charge in [-0.05, 0) is 54.3 Å². The van der Waals surface area contributed by atoms with Crippen LogP contribution in [-0.2, 0) is 17.8 Å². The smallest absolute Gasteiger partial charge is 0.257 e. The van der Waals surface area contributed by atoms with E-state index in [0.29, 0.717) is 12.0 Å². The van der Waals surface area contributed by atoms with E-state index in [9.17, 15) is 9.59 Å². The Morgan fingerprint density at radius 2 is 2.06 bits per heavy atom. The molecule has 1 amide bonds. The number of nitrogens with one attached hydrogen (secondary N) is 3. The molecule has 0 spiro atoms. The number of aromatic amines is 2. The highest BCUT2D eigenvalue weighted by molar-refractivity contribution is 5.86. The van der Waals surface area contributed by atoms with E-state index < -0.39 is 0 Å². The molecule has 1 aromatic carbocycles. The number of H-pyrrole nitrogens is 2. The molecule has 0 saturated carbocycles. The maximum atomic E-state index is 12.7. The summed E-state index contributed by atoms with van der Waals surface area (Å²) in [7, 11) is 1.88. The first kappa shape index (κ1) is 21.1. The van der Waals surface area contributed by atoms with Crippen LogP contribution in [-0.4, -0.2) is 40.4 Å². The van der Waals surface area contributed by atoms with Crippen LogP contribution < -0.4 is 10.9 Å². The van der Waals surface area contributed by atoms with E-state index in [1.807, 2.05) is 24.1 Å². The third-order valence-corrected chi connectivity index (χ3v) is 6.20. The van der Waals surface area contributed by atoms with Gasteiger partial charge in [-0.2, -0.15) is 0 Å². The molecule has 3 heterocycles. The summed E-state index contributed by atoms with van der Waals surface area (Å²) in [5.74, 6) is 0.228. The highest BCUT2D eigenvalue weighted by Gasteiger charge is 2.26. The van der Waals surface area contributed by atoms with Crippen molar-refractivity contribution in [2.75, 3.05) is 13.6 Å². The Bertz CT molecular complexity index is 1170. The largest absolute Gasteiger partial charge is 0.354 e. The lowest BCUT2D eigenvalue weighted by molar-refractivity contribution is -0.127. The Hall–Kier alpha value is -3.12. The molecule has 6 nitrogen and oxygen atoms in total. The average molecular weight is 419 g/mol. The summed E-state index contributed by atoms with van der Waals surface area (Å²) >= 11 is 0. The molecule has 1 aliphatic rings. The van der Waals surface area contributed by atoms with Crippen LogP contribution in [0.15, 0.2) is 41.7 Å². The normalized spacial score (nSPS) is 16.4. The lowest BCUT2D eigenvalue weighted by atomic mass is 10.0. The standard InChI is InChI=1S/C25H30N4O2/c1-4-6-17-12-20(25(31)28-21(17)5-2)23-13-18-11-16(7-9-22(18)27-23)14-26-15-19-8-10-24(30)29(19)3/h5,7,9,11-13,19,26-27H,2,4,6,8,10,14-15H2,1,3H3,(H,28,31). The van der Waals surface area contributed by atoms with Gasteiger partial charge in [-0.15, -0.1) is 0 Å². The predicted octanol–water partition coefficient (Wildman–Crippen LogP) is 3.83. The molecule has 1 fully saturated rings. The number of benzene rings is 1. The highest BCUT2D eigenvalue weighted by atomic mass is 16.2. The van der Waals surface area contributed by atoms with Gasteiger partial charge in [0.1, 0.15) is 0 Å². The third kappa shape index (κ3) is 4.35. The monoisotopic (exact) mass is 418 g/mol. The molecule has 1 atom stereocenters. The molecule has 1 aliphatic heterocycles. The first-order chi connectivity index (χ1) is 15.0. The van der Waals surface area contributed by atoms with Crippen LogP contribution >= 0.6 is 0 Å². The maximum absolute atomic E-state index is 12.7. The van der Waals surface area contributed by atoms with Crippen molar-refractivity contribution in [2.24, 2.45) is 0 Å². The fourth-order valence-electron chi connectivity index (χ4n) is 4.37. The summed E-state index contributed by atoms with van der Waals surface area (Å²) < 4.78 is 0. The van der Waals surface area contributed by atoms with Gasteiger partial charge < -0.3 is 20.2 Å². The van der Waals surface area contributed by atoms with Gasteiger partial charge in [-0.3, -0.25) is 9.59 Å². The third-order valence-electron chi connectivity index (χ3n) is 6.20. The minimum atomic E-state index is -0.113. The van der Waals surface area contributed by atoms with Gasteiger partial charge >= 0.3 is 0 Å². The summed E-state index contributed by atoms with van der Waals surface area (Å²) in [6.07, 6.45) is 5.17. The number of pyridine rings is 1. The highest BCUT2D eigenvalue weighted by Crippen LogP contribution is 2.25. The average Bonchev–Trinajstić information content (AvgIpc) is 3.32. The van der Waals surface area contributed by atoms with Crippen LogP contribution in [0.25, 0.3) is 28.2 Å². The number of carbonyl (C=O) groups is 1. The molecule has 4 rings (SSSR count). The second kappa shape index (κ2) is 8.94. The van der Waals surface area contributed by atoms with Crippen LogP contribution in [0.3, 0.4) is 0 Å². The fourth-order valence-corrected chi connectivity index (χ4v) is 4.37. The van der Waals surface area contributed by atoms with E-state index in [4.69, 9.17) is 0 Å². The van der Waals surface area contributed by atoms with Gasteiger partial charge in [0.25, 0.3) is 5.56 Å². The van der Waals surface area contributed by atoms with E-state index in [0.717, 1.165) is 60.2 Å². The van der Waals surface area contributed by atoms with Crippen LogP contribution in [0.4, 0.5) is 0 Å². The second-order valence-electron chi connectivity index (χ2n) is 8.34. The Labute approximate surface area is 182 Å². The number of aromatic nitrogens is 2. The van der Waals surface area contributed by atoms with E-state index >= 15 is 0 Å². The van der Waals surface area contributed by atoms with E-state index in [1.54, 1.807) is 6.08 Å². The second-order valence-corrected chi connectivity index (χ2v) is 8.34. The van der Waals surface area contributed by atoms with Crippen molar-refractivity contribution in [2.45, 2.75) is 45.2 Å². The number of nitrogens with zero attached hydrogens (tertiary/aromatic N) is 1. The number of rotatable bonds is 8. The zero-order valence-electron chi connectivity index (χ0n) is 18.3. The number of hydrogen-bond donors (Lipinski definition) is 3. The van der Waals surface area contributed by atoms with Gasteiger partial charge in [-0.1, -0.05) is 26.0 Å². The van der Waals surface area contributed by atoms with Crippen molar-refractivity contribution in [1.29, 1.82) is 0 Å². The lowest BCUT2D eigenvalue weighted by Gasteiger charge is -2.20. The van der Waals surface area contributed by atoms with Crippen molar-refractivity contribution < 1.29 is 4.79 Å². The summed E-state index contributed by atoms with van der Waals surface area (Å²) in [5, 5.41) is 4.55. The number of likely N-dealkylation sites (tertiary alicyclic amines) is 1. The van der Waals surface area contributed by atoms with Crippen molar-refractivity contribution in [3.8, 4) is 11.3 Å². The van der Waals surface area contributed by atoms with Crippen molar-refractivity contribution in [1.82, 2.24) is 20.2 Å². The Balaban J connectivity index is 1.53. The quantitative estimate of drug-likeness (QED) is 0.520. The summed E-state index contributed by atoms with van der Waals surface area (Å²) in [6.45, 7) is 7.48. The molecular weight excluding hydrogens is 388 g/mol. The molecule has 0 radical (unpaired) electrons. The van der Waals surface area contributed by atoms with Crippen LogP contribution in [0.1, 0.15) is 43.0 Å². The molecule has 0 aliphatic carbocycles. The fraction of sp³-hybridized carbons (Fsp3) is 0.360. The zero-order valence-corrected chi connectivity index (χ0v) is 18.3. The number of carbonyl (C=O) groups excluding carboxylic acids is 1. The number of amides is 1. The SMILES string of the molecule is C=Cc1[nH]c(=O)c(-c2cc3cc(CNCC4CCC(=O)N4C)ccc3[nH]2)cc1CCC. The van der Waals surface area contributed by atoms with Gasteiger partial charge in [0.15, 0.2) is 0 Å². The molecule has 2 aromatic heterocycles. The number of aryl methyl sites for hydroxylation is 1. The van der Waals surface area contributed by atoms with E-state index in [2.05, 4.69) is 47.0 Å². The molecule has 3 aromatic rings. The van der Waals surface area contributed by atoms with Crippen LogP contribution in [0.5, 0.6) is 0 Å². The summed E-state index contributed by atoms with van der Waals surface area (Å²) in [4.78, 5) is 32.5. The van der Waals surface area contributed by atoms with E-state index in [-0.39, 0.29) is 17.5 Å². The van der Waals surface area contributed by atoms with Gasteiger partial charge in [0, 0.05) is 49.2 Å². The molecule has 0 bridgehead atoms. The molecule has 6 heteroatoms. The first-order valence-corrected chi connectivity index (χ1v) is 11.0. The number of likely N-dealkylation sites (N-methyl/N-ethyl adjacent to an activating group) is 1. The van der Waals surface area contributed by atoms with Crippen LogP contribution in [0, 0.1) is 0 Å². The molecule has 1 saturated heterocycles. The topological polar surface area (TPSA) is 81.0 Å². The van der Waals surface area contributed by atoms with E-state index in [1.165, 1.54) is 5.56 Å². The molecule has 3 N–H and O–H groups in total. The van der Waals surface area contributed by atoms with Gasteiger partial charge in [0.2, 0.25) is 5.91 Å². The van der Waals surface area contributed by atoms with Crippen molar-refractivity contribution in [3.05, 3.63) is 64.1 Å². The lowest BCUT2D eigenvalue weighted by Crippen LogP contribution is -2.37. The number of fused-ring (bicyclic) bond motifs is 1. The summed E-state index contributed by atoms with van der Waals surface area (Å²) in [6, 6.07) is 10.6. The first-order valence-electron chi connectivity index (χ1n) is 11.0. The van der Waals surface area contributed by atoms with Crippen molar-refractivity contribution in [3.63, 3.8) is 0 Å². The predicted molar refractivity (Wildman–Crippen MR) is 126 cm³/mol. The Morgan fingerprint density at radius 3 is 2.77 bits per heavy atom. The Kier molecular flexibility index (Phi) is 6.09. The van der Waals surface area contributed by atoms with Crippen LogP contribution in [0.2, 0.25) is 0 Å². The minimum absolute atomic E-state index is 0.113. The summed E-state index contributed by atoms with van der Waals surface area (Å²) in [5.41, 5.74) is 5.44. The molecule has 162 valence electrons. The molecule has 1 unspecified atom stereocenters. The minimum Gasteiger partial charge on any atom is -0.354 e. The number of hydrogen-bond acceptors (Lipinski definition) is 3. The van der Waals surface area contributed by atoms with Crippen molar-refractivity contribution >= 4 is 22.9 Å². The molecule has 31 heavy (non-hydrogen) atoms. The maximum Gasteiger partial charge on any atom is 0.257 e. The zero-order chi connectivity index (χ0) is 22.0. The Morgan fingerprint density at radius 1 is 1.23 bits per heavy atom. The molecular formula is C25H30N4O2.